The largest absolute Gasteiger partial charge is 0.508 e. The van der Waals surface area contributed by atoms with Gasteiger partial charge in [0.2, 0.25) is 5.79 Å². The SMILES string of the molecule is CO[C@H]1C[C@@H]2CC[C@@H](C)[C@@](O)(O2)C(=O)C(=O)N2CCCC[C@H]2C(=O)O[C@H]([C@H](C)C[C@H]2CC[C@@H](O)[C@H](OC)C2)CC(=O)[C@H](C)/C=C(\C)[C@@H](O)[C@@H](OC)C(=O)[C@H](C)C[C@H](C)\C=C/C=C/C(O)=C/1C. The summed E-state index contributed by atoms with van der Waals surface area (Å²) in [5.74, 6) is -8.49. The van der Waals surface area contributed by atoms with E-state index in [1.54, 1.807) is 60.0 Å². The lowest BCUT2D eigenvalue weighted by atomic mass is 9.78. The summed E-state index contributed by atoms with van der Waals surface area (Å²) in [4.78, 5) is 71.8. The average molecular weight is 930 g/mol. The lowest BCUT2D eigenvalue weighted by molar-refractivity contribution is -0.265. The average Bonchev–Trinajstić information content (AvgIpc) is 3.29. The maximum Gasteiger partial charge on any atom is 0.329 e. The maximum absolute atomic E-state index is 14.4. The normalized spacial score (nSPS) is 40.4. The first kappa shape index (κ1) is 55.0. The second-order valence-corrected chi connectivity index (χ2v) is 19.7. The number of carbonyl (C=O) groups is 5. The van der Waals surface area contributed by atoms with E-state index in [0.717, 1.165) is 4.90 Å². The third-order valence-corrected chi connectivity index (χ3v) is 14.6. The van der Waals surface area contributed by atoms with Crippen molar-refractivity contribution >= 4 is 29.2 Å². The Morgan fingerprint density at radius 3 is 2.26 bits per heavy atom. The van der Waals surface area contributed by atoms with Crippen LogP contribution in [-0.4, -0.2) is 137 Å². The number of allylic oxidation sites excluding steroid dienone is 5. The molecule has 0 aromatic heterocycles. The van der Waals surface area contributed by atoms with Gasteiger partial charge >= 0.3 is 5.97 Å². The Bertz CT molecular complexity index is 1810. The number of hydrogen-bond donors (Lipinski definition) is 4. The number of Topliss-reactive ketones (excluding diaryl/α,β-unsaturated/α-hetero) is 3. The van der Waals surface area contributed by atoms with Crippen molar-refractivity contribution in [2.45, 2.75) is 180 Å². The minimum Gasteiger partial charge on any atom is -0.508 e. The molecule has 15 atom stereocenters. The minimum absolute atomic E-state index is 0.0538. The van der Waals surface area contributed by atoms with Gasteiger partial charge in [-0.15, -0.1) is 0 Å². The van der Waals surface area contributed by atoms with Gasteiger partial charge in [-0.3, -0.25) is 19.2 Å². The first-order valence-corrected chi connectivity index (χ1v) is 24.1. The molecule has 3 fully saturated rings. The zero-order valence-electron chi connectivity index (χ0n) is 41.0. The zero-order valence-corrected chi connectivity index (χ0v) is 41.0. The number of aliphatic hydroxyl groups excluding tert-OH is 3. The van der Waals surface area contributed by atoms with Gasteiger partial charge in [0.1, 0.15) is 35.9 Å². The first-order valence-electron chi connectivity index (χ1n) is 24.1. The molecule has 1 saturated carbocycles. The predicted molar refractivity (Wildman–Crippen MR) is 247 cm³/mol. The van der Waals surface area contributed by atoms with E-state index < -0.39 is 83.9 Å². The van der Waals surface area contributed by atoms with Crippen molar-refractivity contribution in [1.29, 1.82) is 0 Å². The molecule has 15 nitrogen and oxygen atoms in total. The summed E-state index contributed by atoms with van der Waals surface area (Å²) in [6.07, 6.45) is 7.47. The topological polar surface area (TPSA) is 216 Å². The quantitative estimate of drug-likeness (QED) is 0.135. The van der Waals surface area contributed by atoms with Crippen LogP contribution in [0.15, 0.2) is 47.3 Å². The lowest BCUT2D eigenvalue weighted by Crippen LogP contribution is -2.61. The van der Waals surface area contributed by atoms with Crippen molar-refractivity contribution in [2.75, 3.05) is 27.9 Å². The van der Waals surface area contributed by atoms with Gasteiger partial charge < -0.3 is 49.0 Å². The lowest BCUT2D eigenvalue weighted by Gasteiger charge is -2.42. The van der Waals surface area contributed by atoms with Crippen LogP contribution in [-0.2, 0) is 47.7 Å². The van der Waals surface area contributed by atoms with Crippen LogP contribution >= 0.6 is 0 Å². The Labute approximate surface area is 392 Å². The van der Waals surface area contributed by atoms with E-state index in [2.05, 4.69) is 0 Å². The molecule has 2 bridgehead atoms. The number of fused-ring (bicyclic) bond motifs is 3. The molecular formula is C51H79NO14. The van der Waals surface area contributed by atoms with Gasteiger partial charge in [0.25, 0.3) is 11.7 Å². The summed E-state index contributed by atoms with van der Waals surface area (Å²) in [5, 5.41) is 44.9. The van der Waals surface area contributed by atoms with Crippen LogP contribution < -0.4 is 0 Å². The molecule has 3 heterocycles. The van der Waals surface area contributed by atoms with Crippen LogP contribution in [0, 0.1) is 35.5 Å². The van der Waals surface area contributed by atoms with Gasteiger partial charge in [0, 0.05) is 58.5 Å². The summed E-state index contributed by atoms with van der Waals surface area (Å²) in [7, 11) is 4.39. The molecule has 2 saturated heterocycles. The van der Waals surface area contributed by atoms with E-state index in [9.17, 15) is 44.4 Å². The molecule has 4 aliphatic rings. The van der Waals surface area contributed by atoms with E-state index >= 15 is 0 Å². The van der Waals surface area contributed by atoms with Crippen molar-refractivity contribution < 1.29 is 68.1 Å². The fourth-order valence-electron chi connectivity index (χ4n) is 10.2. The highest BCUT2D eigenvalue weighted by Gasteiger charge is 2.53. The molecule has 1 amide bonds. The molecule has 1 aliphatic carbocycles. The van der Waals surface area contributed by atoms with E-state index in [-0.39, 0.29) is 67.0 Å². The number of aliphatic hydroxyl groups is 4. The molecule has 372 valence electrons. The number of rotatable bonds is 6. The number of nitrogens with zero attached hydrogens (tertiary/aromatic N) is 1. The fraction of sp³-hybridized carbons (Fsp3) is 0.745. The number of cyclic esters (lactones) is 1. The summed E-state index contributed by atoms with van der Waals surface area (Å²) in [6, 6.07) is -1.17. The predicted octanol–water partition coefficient (Wildman–Crippen LogP) is 6.07. The van der Waals surface area contributed by atoms with Crippen LogP contribution in [0.25, 0.3) is 0 Å². The minimum atomic E-state index is -2.50. The van der Waals surface area contributed by atoms with Crippen molar-refractivity contribution in [1.82, 2.24) is 4.90 Å². The molecule has 0 aromatic rings. The molecule has 3 aliphatic heterocycles. The summed E-state index contributed by atoms with van der Waals surface area (Å²) < 4.78 is 29.2. The Balaban J connectivity index is 1.72. The van der Waals surface area contributed by atoms with Crippen LogP contribution in [0.2, 0.25) is 0 Å². The first-order chi connectivity index (χ1) is 31.2. The Morgan fingerprint density at radius 1 is 0.879 bits per heavy atom. The Hall–Kier alpha value is -3.57. The number of ether oxygens (including phenoxy) is 5. The van der Waals surface area contributed by atoms with Gasteiger partial charge in [-0.1, -0.05) is 58.9 Å². The van der Waals surface area contributed by atoms with Crippen LogP contribution in [0.5, 0.6) is 0 Å². The summed E-state index contributed by atoms with van der Waals surface area (Å²) in [5.41, 5.74) is 0.845. The van der Waals surface area contributed by atoms with E-state index in [1.807, 2.05) is 19.9 Å². The maximum atomic E-state index is 14.4. The standard InChI is InChI=1S/C51H79NO14/c1-29-15-11-12-17-39(53)35(7)43(62-8)27-37-20-18-34(6)51(61,66-37)48(58)49(59)52-22-14-13-16-38(52)50(60)65-42(31(3)25-36-19-21-40(54)44(26-36)63-9)28-41(55)30(2)24-33(5)46(57)47(64-10)45(56)32(4)23-29/h11-12,15,17,24,29-32,34,36-38,40,42-44,46-47,53-54,57,61H,13-14,16,18-23,25-28H2,1-10H3/b15-11-,17-12+,33-24+,39-35-/t29-,30-,31-,32-,34-,36-,37+,38+,40-,42+,43+,44-,46-,47+,51-/m1/s1. The van der Waals surface area contributed by atoms with E-state index in [1.165, 1.54) is 20.3 Å². The highest BCUT2D eigenvalue weighted by Crippen LogP contribution is 2.38. The van der Waals surface area contributed by atoms with Crippen molar-refractivity contribution in [3.05, 3.63) is 47.3 Å². The number of methoxy groups -OCH3 is 3. The fourth-order valence-corrected chi connectivity index (χ4v) is 10.2. The number of piperidine rings is 1. The van der Waals surface area contributed by atoms with Gasteiger partial charge in [-0.2, -0.15) is 0 Å². The summed E-state index contributed by atoms with van der Waals surface area (Å²) in [6.45, 7) is 12.3. The van der Waals surface area contributed by atoms with Crippen molar-refractivity contribution in [2.24, 2.45) is 35.5 Å². The molecular weight excluding hydrogens is 851 g/mol. The molecule has 0 aromatic carbocycles. The second kappa shape index (κ2) is 25.2. The van der Waals surface area contributed by atoms with Crippen LogP contribution in [0.1, 0.15) is 126 Å². The Morgan fingerprint density at radius 2 is 1.59 bits per heavy atom. The molecule has 0 radical (unpaired) electrons. The molecule has 66 heavy (non-hydrogen) atoms. The highest BCUT2D eigenvalue weighted by atomic mass is 16.6. The zero-order chi connectivity index (χ0) is 49.0. The highest BCUT2D eigenvalue weighted by molar-refractivity contribution is 6.39. The number of carbonyl (C=O) groups excluding carboxylic acids is 5. The molecule has 4 rings (SSSR count). The number of amides is 1. The van der Waals surface area contributed by atoms with Gasteiger partial charge in [-0.05, 0) is 113 Å². The van der Waals surface area contributed by atoms with Crippen LogP contribution in [0.4, 0.5) is 0 Å². The Kier molecular flexibility index (Phi) is 21.0. The number of esters is 1. The van der Waals surface area contributed by atoms with Crippen molar-refractivity contribution in [3.63, 3.8) is 0 Å². The second-order valence-electron chi connectivity index (χ2n) is 19.7. The monoisotopic (exact) mass is 930 g/mol. The number of hydrogen-bond acceptors (Lipinski definition) is 14. The molecule has 15 heteroatoms. The van der Waals surface area contributed by atoms with Gasteiger partial charge in [0.05, 0.1) is 24.4 Å². The van der Waals surface area contributed by atoms with E-state index in [0.29, 0.717) is 68.9 Å². The van der Waals surface area contributed by atoms with Gasteiger partial charge in [-0.25, -0.2) is 4.79 Å². The number of ketones is 3. The van der Waals surface area contributed by atoms with Crippen molar-refractivity contribution in [3.8, 4) is 0 Å². The smallest absolute Gasteiger partial charge is 0.329 e. The molecule has 0 spiro atoms. The third-order valence-electron chi connectivity index (χ3n) is 14.6. The van der Waals surface area contributed by atoms with Crippen LogP contribution in [0.3, 0.4) is 0 Å². The molecule has 0 unspecified atom stereocenters. The molecule has 4 N–H and O–H groups in total. The summed E-state index contributed by atoms with van der Waals surface area (Å²) >= 11 is 0. The third kappa shape index (κ3) is 14.0. The van der Waals surface area contributed by atoms with E-state index in [4.69, 9.17) is 23.7 Å². The van der Waals surface area contributed by atoms with Gasteiger partial charge in [0.15, 0.2) is 5.78 Å².